The van der Waals surface area contributed by atoms with Crippen molar-refractivity contribution in [1.29, 1.82) is 0 Å². The van der Waals surface area contributed by atoms with Crippen LogP contribution < -0.4 is 5.32 Å². The zero-order valence-electron chi connectivity index (χ0n) is 13.8. The third-order valence-corrected chi connectivity index (χ3v) is 5.81. The average molecular weight is 310 g/mol. The average Bonchev–Trinajstić information content (AvgIpc) is 2.52. The van der Waals surface area contributed by atoms with Crippen molar-refractivity contribution in [3.63, 3.8) is 0 Å². The van der Waals surface area contributed by atoms with Gasteiger partial charge in [0.25, 0.3) is 0 Å². The Bertz CT molecular complexity index is 393. The normalized spacial score (nSPS) is 15.6. The van der Waals surface area contributed by atoms with Crippen LogP contribution in [0.25, 0.3) is 0 Å². The highest BCUT2D eigenvalue weighted by Crippen LogP contribution is 2.24. The fourth-order valence-corrected chi connectivity index (χ4v) is 4.36. The van der Waals surface area contributed by atoms with Gasteiger partial charge in [-0.25, -0.2) is 0 Å². The summed E-state index contributed by atoms with van der Waals surface area (Å²) in [6.45, 7) is 7.50. The molecule has 0 aliphatic heterocycles. The molecule has 1 aromatic rings. The maximum absolute atomic E-state index is 12.7. The van der Waals surface area contributed by atoms with Gasteiger partial charge in [-0.3, -0.25) is 4.21 Å². The van der Waals surface area contributed by atoms with Crippen LogP contribution in [0, 0.1) is 0 Å². The zero-order valence-corrected chi connectivity index (χ0v) is 14.6. The molecule has 1 aromatic carbocycles. The summed E-state index contributed by atoms with van der Waals surface area (Å²) < 4.78 is 12.7. The molecule has 0 radical (unpaired) electrons. The molecular formula is C18H31NOS. The molecule has 0 saturated carbocycles. The number of rotatable bonds is 11. The number of hydrogen-bond acceptors (Lipinski definition) is 2. The predicted octanol–water partition coefficient (Wildman–Crippen LogP) is 4.44. The minimum absolute atomic E-state index is 0.204. The summed E-state index contributed by atoms with van der Waals surface area (Å²) in [5, 5.41) is 3.82. The molecule has 2 nitrogen and oxygen atoms in total. The second-order valence-electron chi connectivity index (χ2n) is 5.58. The first-order valence-corrected chi connectivity index (χ1v) is 9.78. The highest BCUT2D eigenvalue weighted by atomic mass is 32.2. The van der Waals surface area contributed by atoms with Gasteiger partial charge in [0, 0.05) is 22.6 Å². The van der Waals surface area contributed by atoms with Crippen LogP contribution >= 0.6 is 0 Å². The second-order valence-corrected chi connectivity index (χ2v) is 7.36. The van der Waals surface area contributed by atoms with Crippen LogP contribution in [0.3, 0.4) is 0 Å². The molecule has 0 spiro atoms. The van der Waals surface area contributed by atoms with Crippen molar-refractivity contribution < 1.29 is 4.21 Å². The van der Waals surface area contributed by atoms with Crippen molar-refractivity contribution in [3.05, 3.63) is 35.9 Å². The van der Waals surface area contributed by atoms with E-state index in [-0.39, 0.29) is 11.3 Å². The Hall–Kier alpha value is -0.670. The fraction of sp³-hybridized carbons (Fsp3) is 0.667. The number of benzene rings is 1. The van der Waals surface area contributed by atoms with Gasteiger partial charge in [-0.2, -0.15) is 0 Å². The molecule has 0 fully saturated rings. The summed E-state index contributed by atoms with van der Waals surface area (Å²) in [5.41, 5.74) is 1.27. The van der Waals surface area contributed by atoms with Gasteiger partial charge in [-0.15, -0.1) is 0 Å². The second kappa shape index (κ2) is 11.0. The summed E-state index contributed by atoms with van der Waals surface area (Å²) in [6, 6.07) is 10.7. The minimum Gasteiger partial charge on any atom is -0.309 e. The van der Waals surface area contributed by atoms with Crippen molar-refractivity contribution in [2.75, 3.05) is 12.3 Å². The van der Waals surface area contributed by atoms with Gasteiger partial charge in [-0.1, -0.05) is 63.9 Å². The van der Waals surface area contributed by atoms with E-state index in [1.165, 1.54) is 18.4 Å². The smallest absolute Gasteiger partial charge is 0.0540 e. The van der Waals surface area contributed by atoms with Crippen LogP contribution in [-0.4, -0.2) is 21.8 Å². The van der Waals surface area contributed by atoms with E-state index in [0.717, 1.165) is 31.6 Å². The van der Waals surface area contributed by atoms with Gasteiger partial charge in [0.05, 0.1) is 5.25 Å². The molecule has 3 atom stereocenters. The van der Waals surface area contributed by atoms with E-state index in [2.05, 4.69) is 50.4 Å². The molecule has 0 amide bonds. The highest BCUT2D eigenvalue weighted by Gasteiger charge is 2.26. The number of hydrogen-bond donors (Lipinski definition) is 1. The molecule has 0 bridgehead atoms. The van der Waals surface area contributed by atoms with E-state index >= 15 is 0 Å². The molecule has 0 heterocycles. The largest absolute Gasteiger partial charge is 0.309 e. The van der Waals surface area contributed by atoms with Gasteiger partial charge < -0.3 is 5.32 Å². The molecule has 120 valence electrons. The summed E-state index contributed by atoms with van der Waals surface area (Å²) >= 11 is 0. The Morgan fingerprint density at radius 2 is 1.76 bits per heavy atom. The van der Waals surface area contributed by atoms with Gasteiger partial charge in [0.2, 0.25) is 0 Å². The Morgan fingerprint density at radius 1 is 1.05 bits per heavy atom. The molecular weight excluding hydrogens is 278 g/mol. The summed E-state index contributed by atoms with van der Waals surface area (Å²) in [6.07, 6.45) is 5.50. The maximum atomic E-state index is 12.7. The van der Waals surface area contributed by atoms with Crippen molar-refractivity contribution in [2.24, 2.45) is 0 Å². The van der Waals surface area contributed by atoms with E-state index in [0.29, 0.717) is 0 Å². The summed E-state index contributed by atoms with van der Waals surface area (Å²) in [4.78, 5) is 0. The molecule has 0 saturated heterocycles. The third kappa shape index (κ3) is 6.31. The van der Waals surface area contributed by atoms with Crippen molar-refractivity contribution in [2.45, 2.75) is 64.2 Å². The van der Waals surface area contributed by atoms with Crippen molar-refractivity contribution >= 4 is 10.8 Å². The van der Waals surface area contributed by atoms with E-state index < -0.39 is 10.8 Å². The summed E-state index contributed by atoms with van der Waals surface area (Å²) in [7, 11) is -0.756. The SMILES string of the molecule is CCCCCS(=O)C(CC)C(NCCC)c1ccccc1. The first-order chi connectivity index (χ1) is 10.2. The first kappa shape index (κ1) is 18.4. The van der Waals surface area contributed by atoms with Crippen LogP contribution in [-0.2, 0) is 10.8 Å². The van der Waals surface area contributed by atoms with E-state index in [1.54, 1.807) is 0 Å². The molecule has 3 unspecified atom stereocenters. The van der Waals surface area contributed by atoms with Gasteiger partial charge >= 0.3 is 0 Å². The topological polar surface area (TPSA) is 29.1 Å². The predicted molar refractivity (Wildman–Crippen MR) is 94.1 cm³/mol. The van der Waals surface area contributed by atoms with E-state index in [9.17, 15) is 4.21 Å². The molecule has 0 aliphatic rings. The monoisotopic (exact) mass is 309 g/mol. The van der Waals surface area contributed by atoms with Crippen molar-refractivity contribution in [3.8, 4) is 0 Å². The standard InChI is InChI=1S/C18H31NOS/c1-4-7-11-15-21(20)17(6-3)18(19-14-5-2)16-12-9-8-10-13-16/h8-10,12-13,17-19H,4-7,11,14-15H2,1-3H3. The quantitative estimate of drug-likeness (QED) is 0.612. The lowest BCUT2D eigenvalue weighted by Gasteiger charge is -2.27. The molecule has 0 aliphatic carbocycles. The Labute approximate surface area is 133 Å². The Kier molecular flexibility index (Phi) is 9.60. The molecule has 21 heavy (non-hydrogen) atoms. The lowest BCUT2D eigenvalue weighted by atomic mass is 10.0. The van der Waals surface area contributed by atoms with Crippen molar-refractivity contribution in [1.82, 2.24) is 5.32 Å². The zero-order chi connectivity index (χ0) is 15.5. The van der Waals surface area contributed by atoms with Gasteiger partial charge in [0.15, 0.2) is 0 Å². The minimum atomic E-state index is -0.756. The van der Waals surface area contributed by atoms with Crippen LogP contribution in [0.1, 0.15) is 64.5 Å². The van der Waals surface area contributed by atoms with E-state index in [1.807, 2.05) is 6.07 Å². The maximum Gasteiger partial charge on any atom is 0.0540 e. The van der Waals surface area contributed by atoms with E-state index in [4.69, 9.17) is 0 Å². The Balaban J connectivity index is 2.80. The van der Waals surface area contributed by atoms with Gasteiger partial charge in [0.1, 0.15) is 0 Å². The number of unbranched alkanes of at least 4 members (excludes halogenated alkanes) is 2. The van der Waals surface area contributed by atoms with Crippen LogP contribution in [0.15, 0.2) is 30.3 Å². The number of nitrogens with one attached hydrogen (secondary N) is 1. The lowest BCUT2D eigenvalue weighted by molar-refractivity contribution is 0.494. The molecule has 0 aromatic heterocycles. The Morgan fingerprint density at radius 3 is 2.33 bits per heavy atom. The molecule has 1 N–H and O–H groups in total. The molecule has 1 rings (SSSR count). The highest BCUT2D eigenvalue weighted by molar-refractivity contribution is 7.85. The van der Waals surface area contributed by atoms with Crippen LogP contribution in [0.5, 0.6) is 0 Å². The third-order valence-electron chi connectivity index (χ3n) is 3.83. The molecule has 3 heteroatoms. The van der Waals surface area contributed by atoms with Crippen LogP contribution in [0.2, 0.25) is 0 Å². The van der Waals surface area contributed by atoms with Crippen LogP contribution in [0.4, 0.5) is 0 Å². The fourth-order valence-electron chi connectivity index (χ4n) is 2.64. The van der Waals surface area contributed by atoms with Gasteiger partial charge in [-0.05, 0) is 31.4 Å². The lowest BCUT2D eigenvalue weighted by Crippen LogP contribution is -2.35. The first-order valence-electron chi connectivity index (χ1n) is 8.40. The summed E-state index contributed by atoms with van der Waals surface area (Å²) in [5.74, 6) is 0.837.